The van der Waals surface area contributed by atoms with Crippen LogP contribution in [-0.2, 0) is 17.9 Å². The maximum atomic E-state index is 6.11. The van der Waals surface area contributed by atoms with Crippen molar-refractivity contribution in [3.8, 4) is 0 Å². The minimum absolute atomic E-state index is 0.525. The van der Waals surface area contributed by atoms with Gasteiger partial charge in [-0.05, 0) is 23.6 Å². The molecule has 0 unspecified atom stereocenters. The molecule has 0 radical (unpaired) electrons. The zero-order valence-corrected chi connectivity index (χ0v) is 10.6. The molecule has 0 aliphatic carbocycles. The number of rotatable bonds is 7. The second-order valence-electron chi connectivity index (χ2n) is 3.89. The number of nitrogens with two attached hydrogens (primary N) is 1. The molecule has 1 rings (SSSR count). The third kappa shape index (κ3) is 4.52. The van der Waals surface area contributed by atoms with E-state index in [0.29, 0.717) is 13.2 Å². The Balaban J connectivity index is 2.36. The Bertz CT molecular complexity index is 315. The highest BCUT2D eigenvalue weighted by atomic mass is 35.5. The predicted molar refractivity (Wildman–Crippen MR) is 68.5 cm³/mol. The van der Waals surface area contributed by atoms with E-state index in [-0.39, 0.29) is 0 Å². The van der Waals surface area contributed by atoms with Crippen molar-refractivity contribution in [1.29, 1.82) is 0 Å². The van der Waals surface area contributed by atoms with Crippen molar-refractivity contribution in [1.82, 2.24) is 0 Å². The first kappa shape index (κ1) is 13.5. The summed E-state index contributed by atoms with van der Waals surface area (Å²) in [5, 5.41) is 0.749. The van der Waals surface area contributed by atoms with Gasteiger partial charge in [0.15, 0.2) is 0 Å². The van der Waals surface area contributed by atoms with Crippen LogP contribution in [0.15, 0.2) is 18.2 Å². The van der Waals surface area contributed by atoms with Gasteiger partial charge in [0.1, 0.15) is 0 Å². The lowest BCUT2D eigenvalue weighted by Crippen LogP contribution is -1.99. The van der Waals surface area contributed by atoms with Crippen molar-refractivity contribution in [2.45, 2.75) is 39.3 Å². The van der Waals surface area contributed by atoms with E-state index in [0.717, 1.165) is 29.2 Å². The Morgan fingerprint density at radius 2 is 2.12 bits per heavy atom. The van der Waals surface area contributed by atoms with Gasteiger partial charge in [-0.2, -0.15) is 0 Å². The third-order valence-corrected chi connectivity index (χ3v) is 2.85. The third-order valence-electron chi connectivity index (χ3n) is 2.50. The maximum absolute atomic E-state index is 6.11. The fourth-order valence-electron chi connectivity index (χ4n) is 1.47. The van der Waals surface area contributed by atoms with Gasteiger partial charge in [0.2, 0.25) is 0 Å². The first-order chi connectivity index (χ1) is 7.77. The molecule has 90 valence electrons. The molecule has 0 heterocycles. The predicted octanol–water partition coefficient (Wildman–Crippen LogP) is 3.51. The normalized spacial score (nSPS) is 10.7. The number of ether oxygens (including phenoxy) is 1. The van der Waals surface area contributed by atoms with Crippen molar-refractivity contribution in [3.63, 3.8) is 0 Å². The Labute approximate surface area is 103 Å². The van der Waals surface area contributed by atoms with E-state index in [4.69, 9.17) is 22.1 Å². The quantitative estimate of drug-likeness (QED) is 0.742. The molecule has 0 aliphatic heterocycles. The van der Waals surface area contributed by atoms with Gasteiger partial charge in [0, 0.05) is 18.2 Å². The van der Waals surface area contributed by atoms with E-state index >= 15 is 0 Å². The number of benzene rings is 1. The first-order valence-corrected chi connectivity index (χ1v) is 6.20. The average Bonchev–Trinajstić information content (AvgIpc) is 2.30. The van der Waals surface area contributed by atoms with E-state index in [9.17, 15) is 0 Å². The summed E-state index contributed by atoms with van der Waals surface area (Å²) in [5.74, 6) is 0. The van der Waals surface area contributed by atoms with Gasteiger partial charge in [-0.15, -0.1) is 0 Å². The first-order valence-electron chi connectivity index (χ1n) is 5.83. The number of halogens is 1. The topological polar surface area (TPSA) is 35.2 Å². The molecular formula is C13H20ClNO. The molecule has 2 N–H and O–H groups in total. The fourth-order valence-corrected chi connectivity index (χ4v) is 1.73. The molecular weight excluding hydrogens is 222 g/mol. The van der Waals surface area contributed by atoms with Gasteiger partial charge in [-0.1, -0.05) is 43.5 Å². The highest BCUT2D eigenvalue weighted by molar-refractivity contribution is 6.31. The largest absolute Gasteiger partial charge is 0.377 e. The summed E-state index contributed by atoms with van der Waals surface area (Å²) in [7, 11) is 0. The minimum atomic E-state index is 0.525. The van der Waals surface area contributed by atoms with Crippen LogP contribution in [0.2, 0.25) is 5.02 Å². The SMILES string of the molecule is CCCCCOCc1ccc(CN)cc1Cl. The van der Waals surface area contributed by atoms with Crippen LogP contribution in [0.5, 0.6) is 0 Å². The monoisotopic (exact) mass is 241 g/mol. The standard InChI is InChI=1S/C13H20ClNO/c1-2-3-4-7-16-10-12-6-5-11(9-15)8-13(12)14/h5-6,8H,2-4,7,9-10,15H2,1H3. The molecule has 0 bridgehead atoms. The van der Waals surface area contributed by atoms with E-state index in [1.54, 1.807) is 0 Å². The average molecular weight is 242 g/mol. The Hall–Kier alpha value is -0.570. The molecule has 0 fully saturated rings. The lowest BCUT2D eigenvalue weighted by Gasteiger charge is -2.07. The van der Waals surface area contributed by atoms with Crippen LogP contribution in [0.3, 0.4) is 0 Å². The molecule has 0 spiro atoms. The molecule has 0 aromatic heterocycles. The van der Waals surface area contributed by atoms with E-state index < -0.39 is 0 Å². The summed E-state index contributed by atoms with van der Waals surface area (Å²) < 4.78 is 5.56. The maximum Gasteiger partial charge on any atom is 0.0731 e. The summed E-state index contributed by atoms with van der Waals surface area (Å²) in [4.78, 5) is 0. The van der Waals surface area contributed by atoms with Crippen LogP contribution >= 0.6 is 11.6 Å². The van der Waals surface area contributed by atoms with Crippen LogP contribution in [-0.4, -0.2) is 6.61 Å². The minimum Gasteiger partial charge on any atom is -0.377 e. The lowest BCUT2D eigenvalue weighted by atomic mass is 10.1. The Kier molecular flexibility index (Phi) is 6.46. The van der Waals surface area contributed by atoms with E-state index in [1.807, 2.05) is 18.2 Å². The van der Waals surface area contributed by atoms with Crippen LogP contribution in [0.4, 0.5) is 0 Å². The second kappa shape index (κ2) is 7.66. The molecule has 2 nitrogen and oxygen atoms in total. The fraction of sp³-hybridized carbons (Fsp3) is 0.538. The van der Waals surface area contributed by atoms with Crippen LogP contribution < -0.4 is 5.73 Å². The number of hydrogen-bond donors (Lipinski definition) is 1. The molecule has 0 amide bonds. The molecule has 3 heteroatoms. The van der Waals surface area contributed by atoms with Crippen LogP contribution in [0, 0.1) is 0 Å². The zero-order valence-electron chi connectivity index (χ0n) is 9.84. The molecule has 0 aliphatic rings. The van der Waals surface area contributed by atoms with E-state index in [1.165, 1.54) is 12.8 Å². The number of hydrogen-bond acceptors (Lipinski definition) is 2. The molecule has 1 aromatic carbocycles. The highest BCUT2D eigenvalue weighted by Crippen LogP contribution is 2.18. The summed E-state index contributed by atoms with van der Waals surface area (Å²) >= 11 is 6.11. The van der Waals surface area contributed by atoms with Gasteiger partial charge >= 0.3 is 0 Å². The summed E-state index contributed by atoms with van der Waals surface area (Å²) in [6.07, 6.45) is 3.56. The molecule has 1 aromatic rings. The van der Waals surface area contributed by atoms with Gasteiger partial charge < -0.3 is 10.5 Å². The van der Waals surface area contributed by atoms with E-state index in [2.05, 4.69) is 6.92 Å². The lowest BCUT2D eigenvalue weighted by molar-refractivity contribution is 0.117. The van der Waals surface area contributed by atoms with Crippen LogP contribution in [0.25, 0.3) is 0 Å². The molecule has 0 atom stereocenters. The van der Waals surface area contributed by atoms with Crippen molar-refractivity contribution < 1.29 is 4.74 Å². The smallest absolute Gasteiger partial charge is 0.0731 e. The van der Waals surface area contributed by atoms with Crippen molar-refractivity contribution in [2.24, 2.45) is 5.73 Å². The summed E-state index contributed by atoms with van der Waals surface area (Å²) in [6.45, 7) is 4.11. The highest BCUT2D eigenvalue weighted by Gasteiger charge is 2.01. The second-order valence-corrected chi connectivity index (χ2v) is 4.30. The van der Waals surface area contributed by atoms with Crippen LogP contribution in [0.1, 0.15) is 37.3 Å². The molecule has 16 heavy (non-hydrogen) atoms. The zero-order chi connectivity index (χ0) is 11.8. The van der Waals surface area contributed by atoms with Gasteiger partial charge in [-0.25, -0.2) is 0 Å². The van der Waals surface area contributed by atoms with Crippen molar-refractivity contribution >= 4 is 11.6 Å². The van der Waals surface area contributed by atoms with Gasteiger partial charge in [0.25, 0.3) is 0 Å². The van der Waals surface area contributed by atoms with Crippen molar-refractivity contribution in [2.75, 3.05) is 6.61 Å². The van der Waals surface area contributed by atoms with Crippen molar-refractivity contribution in [3.05, 3.63) is 34.3 Å². The van der Waals surface area contributed by atoms with Gasteiger partial charge in [-0.3, -0.25) is 0 Å². The Morgan fingerprint density at radius 1 is 1.31 bits per heavy atom. The molecule has 0 saturated heterocycles. The summed E-state index contributed by atoms with van der Waals surface area (Å²) in [6, 6.07) is 5.90. The molecule has 0 saturated carbocycles. The van der Waals surface area contributed by atoms with Gasteiger partial charge in [0.05, 0.1) is 6.61 Å². The summed E-state index contributed by atoms with van der Waals surface area (Å²) in [5.41, 5.74) is 7.63. The number of unbranched alkanes of at least 4 members (excludes halogenated alkanes) is 2. The Morgan fingerprint density at radius 3 is 2.75 bits per heavy atom.